The molecule has 0 N–H and O–H groups in total. The van der Waals surface area contributed by atoms with Crippen LogP contribution in [0.5, 0.6) is 0 Å². The van der Waals surface area contributed by atoms with E-state index in [4.69, 9.17) is 4.42 Å². The second-order valence-electron chi connectivity index (χ2n) is 2.63. The number of aromatic nitrogens is 1. The lowest BCUT2D eigenvalue weighted by molar-refractivity contribution is 0.560. The molecule has 2 nitrogen and oxygen atoms in total. The van der Waals surface area contributed by atoms with Crippen LogP contribution in [0.3, 0.4) is 0 Å². The van der Waals surface area contributed by atoms with E-state index in [1.807, 2.05) is 30.3 Å². The van der Waals surface area contributed by atoms with Gasteiger partial charge in [-0.3, -0.25) is 0 Å². The first kappa shape index (κ1) is 7.80. The smallest absolute Gasteiger partial charge is 0.218 e. The van der Waals surface area contributed by atoms with Crippen LogP contribution in [0.4, 0.5) is 0 Å². The Morgan fingerprint density at radius 3 is 2.62 bits per heavy atom. The Labute approximate surface area is 76.5 Å². The zero-order valence-corrected chi connectivity index (χ0v) is 7.10. The number of benzene rings is 1. The molecule has 0 fully saturated rings. The van der Waals surface area contributed by atoms with Gasteiger partial charge in [0.1, 0.15) is 0 Å². The molecule has 1 aromatic carbocycles. The van der Waals surface area contributed by atoms with Crippen molar-refractivity contribution in [3.05, 3.63) is 49.0 Å². The molecule has 0 saturated carbocycles. The first-order valence-electron chi connectivity index (χ1n) is 4.04. The number of nitrogens with zero attached hydrogens (tertiary/aromatic N) is 1. The Balaban J connectivity index is 2.41. The minimum Gasteiger partial charge on any atom is -0.437 e. The van der Waals surface area contributed by atoms with Gasteiger partial charge in [-0.15, -0.1) is 0 Å². The van der Waals surface area contributed by atoms with Crippen LogP contribution in [0.2, 0.25) is 0 Å². The summed E-state index contributed by atoms with van der Waals surface area (Å²) in [6.45, 7) is 3.58. The van der Waals surface area contributed by atoms with Gasteiger partial charge in [0, 0.05) is 5.56 Å². The third-order valence-corrected chi connectivity index (χ3v) is 1.76. The Morgan fingerprint density at radius 1 is 1.23 bits per heavy atom. The molecule has 0 aliphatic heterocycles. The van der Waals surface area contributed by atoms with Crippen molar-refractivity contribution in [2.45, 2.75) is 0 Å². The summed E-state index contributed by atoms with van der Waals surface area (Å²) in [7, 11) is 0. The van der Waals surface area contributed by atoms with Crippen molar-refractivity contribution in [2.75, 3.05) is 0 Å². The van der Waals surface area contributed by atoms with Crippen LogP contribution in [0.25, 0.3) is 17.4 Å². The van der Waals surface area contributed by atoms with Gasteiger partial charge in [-0.05, 0) is 6.08 Å². The van der Waals surface area contributed by atoms with Crippen molar-refractivity contribution in [3.63, 3.8) is 0 Å². The van der Waals surface area contributed by atoms with Gasteiger partial charge < -0.3 is 4.42 Å². The van der Waals surface area contributed by atoms with Gasteiger partial charge in [0.05, 0.1) is 6.20 Å². The molecule has 13 heavy (non-hydrogen) atoms. The van der Waals surface area contributed by atoms with Crippen molar-refractivity contribution in [2.24, 2.45) is 0 Å². The van der Waals surface area contributed by atoms with E-state index in [0.29, 0.717) is 5.89 Å². The van der Waals surface area contributed by atoms with Gasteiger partial charge >= 0.3 is 0 Å². The van der Waals surface area contributed by atoms with Crippen LogP contribution >= 0.6 is 0 Å². The van der Waals surface area contributed by atoms with E-state index in [9.17, 15) is 0 Å². The topological polar surface area (TPSA) is 26.0 Å². The van der Waals surface area contributed by atoms with Crippen molar-refractivity contribution in [1.29, 1.82) is 0 Å². The highest BCUT2D eigenvalue weighted by Crippen LogP contribution is 2.19. The number of rotatable bonds is 2. The van der Waals surface area contributed by atoms with Crippen LogP contribution in [0.15, 0.2) is 47.5 Å². The molecule has 0 spiro atoms. The Hall–Kier alpha value is -1.83. The first-order valence-corrected chi connectivity index (χ1v) is 4.04. The number of oxazole rings is 1. The summed E-state index contributed by atoms with van der Waals surface area (Å²) in [6.07, 6.45) is 3.29. The molecule has 1 heterocycles. The van der Waals surface area contributed by atoms with Gasteiger partial charge in [-0.1, -0.05) is 36.9 Å². The van der Waals surface area contributed by atoms with Gasteiger partial charge in [0.2, 0.25) is 5.89 Å². The molecule has 1 aromatic heterocycles. The van der Waals surface area contributed by atoms with Crippen LogP contribution < -0.4 is 0 Å². The highest BCUT2D eigenvalue weighted by atomic mass is 16.4. The molecule has 2 heteroatoms. The van der Waals surface area contributed by atoms with E-state index in [0.717, 1.165) is 11.3 Å². The minimum absolute atomic E-state index is 0.554. The highest BCUT2D eigenvalue weighted by Gasteiger charge is 2.01. The second-order valence-corrected chi connectivity index (χ2v) is 2.63. The SMILES string of the molecule is C=Cc1ncc(-c2ccccc2)o1. The number of hydrogen-bond acceptors (Lipinski definition) is 2. The second kappa shape index (κ2) is 3.27. The lowest BCUT2D eigenvalue weighted by Crippen LogP contribution is -1.69. The van der Waals surface area contributed by atoms with Crippen molar-refractivity contribution >= 4 is 6.08 Å². The van der Waals surface area contributed by atoms with E-state index >= 15 is 0 Å². The predicted molar refractivity (Wildman–Crippen MR) is 52.0 cm³/mol. The minimum atomic E-state index is 0.554. The molecule has 0 unspecified atom stereocenters. The fourth-order valence-corrected chi connectivity index (χ4v) is 1.12. The normalized spacial score (nSPS) is 9.85. The third-order valence-electron chi connectivity index (χ3n) is 1.76. The molecule has 64 valence electrons. The van der Waals surface area contributed by atoms with Gasteiger partial charge in [0.25, 0.3) is 0 Å². The molecule has 0 amide bonds. The largest absolute Gasteiger partial charge is 0.437 e. The molecule has 0 atom stereocenters. The maximum absolute atomic E-state index is 5.39. The quantitative estimate of drug-likeness (QED) is 0.694. The van der Waals surface area contributed by atoms with Gasteiger partial charge in [0.15, 0.2) is 5.76 Å². The average molecular weight is 171 g/mol. The predicted octanol–water partition coefficient (Wildman–Crippen LogP) is 2.98. The molecular weight excluding hydrogens is 162 g/mol. The molecule has 0 bridgehead atoms. The third kappa shape index (κ3) is 1.51. The van der Waals surface area contributed by atoms with Crippen LogP contribution in [-0.4, -0.2) is 4.98 Å². The van der Waals surface area contributed by atoms with Crippen LogP contribution in [0, 0.1) is 0 Å². The molecular formula is C11H9NO. The Kier molecular flexibility index (Phi) is 1.96. The lowest BCUT2D eigenvalue weighted by atomic mass is 10.2. The van der Waals surface area contributed by atoms with Crippen molar-refractivity contribution in [1.82, 2.24) is 4.98 Å². The molecule has 0 saturated heterocycles. The summed E-state index contributed by atoms with van der Waals surface area (Å²) < 4.78 is 5.39. The van der Waals surface area contributed by atoms with Crippen molar-refractivity contribution in [3.8, 4) is 11.3 Å². The zero-order chi connectivity index (χ0) is 9.10. The fraction of sp³-hybridized carbons (Fsp3) is 0. The van der Waals surface area contributed by atoms with Crippen LogP contribution in [-0.2, 0) is 0 Å². The first-order chi connectivity index (χ1) is 6.40. The lowest BCUT2D eigenvalue weighted by Gasteiger charge is -1.92. The zero-order valence-electron chi connectivity index (χ0n) is 7.10. The van der Waals surface area contributed by atoms with E-state index in [1.54, 1.807) is 12.3 Å². The Morgan fingerprint density at radius 2 is 2.00 bits per heavy atom. The van der Waals surface area contributed by atoms with Crippen LogP contribution in [0.1, 0.15) is 5.89 Å². The summed E-state index contributed by atoms with van der Waals surface area (Å²) >= 11 is 0. The number of hydrogen-bond donors (Lipinski definition) is 0. The van der Waals surface area contributed by atoms with E-state index in [2.05, 4.69) is 11.6 Å². The molecule has 2 aromatic rings. The maximum atomic E-state index is 5.39. The maximum Gasteiger partial charge on any atom is 0.218 e. The van der Waals surface area contributed by atoms with E-state index in [1.165, 1.54) is 0 Å². The van der Waals surface area contributed by atoms with Crippen molar-refractivity contribution < 1.29 is 4.42 Å². The molecule has 2 rings (SSSR count). The Bertz CT molecular complexity index is 403. The molecule has 0 aliphatic rings. The van der Waals surface area contributed by atoms with Gasteiger partial charge in [-0.25, -0.2) is 4.98 Å². The molecule has 0 radical (unpaired) electrons. The highest BCUT2D eigenvalue weighted by molar-refractivity contribution is 5.56. The summed E-state index contributed by atoms with van der Waals surface area (Å²) in [5, 5.41) is 0. The summed E-state index contributed by atoms with van der Waals surface area (Å²) in [5.74, 6) is 1.33. The summed E-state index contributed by atoms with van der Waals surface area (Å²) in [5.41, 5.74) is 1.03. The van der Waals surface area contributed by atoms with E-state index < -0.39 is 0 Å². The average Bonchev–Trinajstić information content (AvgIpc) is 2.67. The fourth-order valence-electron chi connectivity index (χ4n) is 1.12. The molecule has 0 aliphatic carbocycles. The summed E-state index contributed by atoms with van der Waals surface area (Å²) in [4.78, 5) is 4.03. The summed E-state index contributed by atoms with van der Waals surface area (Å²) in [6, 6.07) is 9.85. The van der Waals surface area contributed by atoms with Gasteiger partial charge in [-0.2, -0.15) is 0 Å². The standard InChI is InChI=1S/C11H9NO/c1-2-11-12-8-10(13-11)9-6-4-3-5-7-9/h2-8H,1H2. The monoisotopic (exact) mass is 171 g/mol. The van der Waals surface area contributed by atoms with E-state index in [-0.39, 0.29) is 0 Å².